The fraction of sp³-hybridized carbons (Fsp3) is 0.188. The highest BCUT2D eigenvalue weighted by atomic mass is 32.1. The smallest absolute Gasteiger partial charge is 0.147 e. The molecule has 4 heteroatoms. The van der Waals surface area contributed by atoms with Gasteiger partial charge < -0.3 is 11.1 Å². The molecule has 2 nitrogen and oxygen atoms in total. The van der Waals surface area contributed by atoms with E-state index in [9.17, 15) is 4.39 Å². The van der Waals surface area contributed by atoms with Crippen molar-refractivity contribution in [1.29, 1.82) is 0 Å². The third-order valence-electron chi connectivity index (χ3n) is 3.28. The molecular weight excluding hydrogens is 271 g/mol. The maximum atomic E-state index is 14.0. The largest absolute Gasteiger partial charge is 0.389 e. The lowest BCUT2D eigenvalue weighted by atomic mass is 10.0. The Morgan fingerprint density at radius 3 is 2.55 bits per heavy atom. The van der Waals surface area contributed by atoms with Crippen molar-refractivity contribution in [3.8, 4) is 0 Å². The number of thiocarbonyl (C=S) groups is 1. The van der Waals surface area contributed by atoms with Crippen molar-refractivity contribution in [2.45, 2.75) is 19.9 Å². The van der Waals surface area contributed by atoms with Gasteiger partial charge in [-0.05, 0) is 43.2 Å². The molecule has 0 aliphatic rings. The molecule has 0 radical (unpaired) electrons. The molecule has 2 aromatic carbocycles. The molecule has 20 heavy (non-hydrogen) atoms. The monoisotopic (exact) mass is 288 g/mol. The molecule has 0 spiro atoms. The molecule has 1 atom stereocenters. The predicted molar refractivity (Wildman–Crippen MR) is 85.5 cm³/mol. The molecular formula is C16H17FN2S. The molecule has 0 aliphatic heterocycles. The lowest BCUT2D eigenvalue weighted by Crippen LogP contribution is -2.12. The Balaban J connectivity index is 2.22. The van der Waals surface area contributed by atoms with Crippen LogP contribution in [0.25, 0.3) is 0 Å². The number of hydrogen-bond donors (Lipinski definition) is 2. The predicted octanol–water partition coefficient (Wildman–Crippen LogP) is 3.94. The summed E-state index contributed by atoms with van der Waals surface area (Å²) < 4.78 is 14.0. The van der Waals surface area contributed by atoms with Gasteiger partial charge in [0.2, 0.25) is 0 Å². The van der Waals surface area contributed by atoms with Crippen LogP contribution in [-0.4, -0.2) is 4.99 Å². The molecule has 0 heterocycles. The van der Waals surface area contributed by atoms with Crippen LogP contribution in [0.15, 0.2) is 42.5 Å². The molecule has 0 amide bonds. The Morgan fingerprint density at radius 1 is 1.25 bits per heavy atom. The van der Waals surface area contributed by atoms with Crippen LogP contribution in [0.3, 0.4) is 0 Å². The Labute approximate surface area is 123 Å². The summed E-state index contributed by atoms with van der Waals surface area (Å²) in [5.74, 6) is -0.351. The topological polar surface area (TPSA) is 38.0 Å². The van der Waals surface area contributed by atoms with Gasteiger partial charge in [0.1, 0.15) is 10.8 Å². The first kappa shape index (κ1) is 14.5. The molecule has 1 unspecified atom stereocenters. The molecule has 0 aromatic heterocycles. The van der Waals surface area contributed by atoms with Crippen LogP contribution < -0.4 is 11.1 Å². The van der Waals surface area contributed by atoms with Crippen LogP contribution in [-0.2, 0) is 0 Å². The SMILES string of the molecule is Cc1ccccc1C(C)Nc1ccc(C(N)=S)cc1F. The van der Waals surface area contributed by atoms with Crippen LogP contribution in [0.1, 0.15) is 29.7 Å². The summed E-state index contributed by atoms with van der Waals surface area (Å²) in [4.78, 5) is 0.197. The van der Waals surface area contributed by atoms with E-state index in [-0.39, 0.29) is 16.8 Å². The second-order valence-electron chi connectivity index (χ2n) is 4.78. The van der Waals surface area contributed by atoms with E-state index in [0.29, 0.717) is 11.3 Å². The Hall–Kier alpha value is -1.94. The molecule has 0 fully saturated rings. The van der Waals surface area contributed by atoms with E-state index in [1.54, 1.807) is 12.1 Å². The zero-order chi connectivity index (χ0) is 14.7. The number of hydrogen-bond acceptors (Lipinski definition) is 2. The molecule has 2 aromatic rings. The highest BCUT2D eigenvalue weighted by molar-refractivity contribution is 7.80. The summed E-state index contributed by atoms with van der Waals surface area (Å²) in [5, 5.41) is 3.17. The minimum absolute atomic E-state index is 0.0152. The maximum absolute atomic E-state index is 14.0. The van der Waals surface area contributed by atoms with Crippen molar-refractivity contribution in [2.24, 2.45) is 5.73 Å². The van der Waals surface area contributed by atoms with Gasteiger partial charge in [0.05, 0.1) is 5.69 Å². The normalized spacial score (nSPS) is 11.9. The first-order valence-electron chi connectivity index (χ1n) is 6.40. The summed E-state index contributed by atoms with van der Waals surface area (Å²) in [7, 11) is 0. The summed E-state index contributed by atoms with van der Waals surface area (Å²) in [6, 6.07) is 12.8. The summed E-state index contributed by atoms with van der Waals surface area (Å²) in [6.45, 7) is 4.04. The summed E-state index contributed by atoms with van der Waals surface area (Å²) >= 11 is 4.84. The number of nitrogens with one attached hydrogen (secondary N) is 1. The second kappa shape index (κ2) is 6.01. The Morgan fingerprint density at radius 2 is 1.95 bits per heavy atom. The number of anilines is 1. The molecule has 2 rings (SSSR count). The number of nitrogens with two attached hydrogens (primary N) is 1. The van der Waals surface area contributed by atoms with Gasteiger partial charge in [0, 0.05) is 11.6 Å². The van der Waals surface area contributed by atoms with Gasteiger partial charge in [-0.2, -0.15) is 0 Å². The van der Waals surface area contributed by atoms with E-state index in [0.717, 1.165) is 5.56 Å². The van der Waals surface area contributed by atoms with Crippen molar-refractivity contribution in [1.82, 2.24) is 0 Å². The Kier molecular flexibility index (Phi) is 4.35. The van der Waals surface area contributed by atoms with Crippen LogP contribution in [0.5, 0.6) is 0 Å². The van der Waals surface area contributed by atoms with E-state index in [1.807, 2.05) is 38.1 Å². The number of benzene rings is 2. The average molecular weight is 288 g/mol. The van der Waals surface area contributed by atoms with Crippen LogP contribution >= 0.6 is 12.2 Å². The zero-order valence-corrected chi connectivity index (χ0v) is 12.3. The first-order valence-corrected chi connectivity index (χ1v) is 6.81. The fourth-order valence-electron chi connectivity index (χ4n) is 2.17. The van der Waals surface area contributed by atoms with Gasteiger partial charge >= 0.3 is 0 Å². The van der Waals surface area contributed by atoms with Gasteiger partial charge in [-0.25, -0.2) is 4.39 Å². The minimum atomic E-state index is -0.351. The van der Waals surface area contributed by atoms with Crippen molar-refractivity contribution in [3.05, 3.63) is 65.0 Å². The third kappa shape index (κ3) is 3.14. The van der Waals surface area contributed by atoms with E-state index in [2.05, 4.69) is 5.32 Å². The van der Waals surface area contributed by atoms with Crippen molar-refractivity contribution in [3.63, 3.8) is 0 Å². The second-order valence-corrected chi connectivity index (χ2v) is 5.22. The highest BCUT2D eigenvalue weighted by Gasteiger charge is 2.11. The number of rotatable bonds is 4. The fourth-order valence-corrected chi connectivity index (χ4v) is 2.30. The number of aryl methyl sites for hydroxylation is 1. The lowest BCUT2D eigenvalue weighted by molar-refractivity contribution is 0.627. The van der Waals surface area contributed by atoms with Gasteiger partial charge in [-0.1, -0.05) is 36.5 Å². The standard InChI is InChI=1S/C16H17FN2S/c1-10-5-3-4-6-13(10)11(2)19-15-8-7-12(16(18)20)9-14(15)17/h3-9,11,19H,1-2H3,(H2,18,20). The van der Waals surface area contributed by atoms with Crippen molar-refractivity contribution < 1.29 is 4.39 Å². The summed E-state index contributed by atoms with van der Waals surface area (Å²) in [5.41, 5.74) is 8.79. The van der Waals surface area contributed by atoms with Gasteiger partial charge in [-0.15, -0.1) is 0 Å². The quantitative estimate of drug-likeness (QED) is 0.837. The van der Waals surface area contributed by atoms with E-state index in [1.165, 1.54) is 11.6 Å². The average Bonchev–Trinajstić information content (AvgIpc) is 2.41. The minimum Gasteiger partial charge on any atom is -0.389 e. The zero-order valence-electron chi connectivity index (χ0n) is 11.5. The van der Waals surface area contributed by atoms with E-state index in [4.69, 9.17) is 18.0 Å². The molecule has 0 bridgehead atoms. The molecule has 0 aliphatic carbocycles. The van der Waals surface area contributed by atoms with Crippen molar-refractivity contribution >= 4 is 22.9 Å². The van der Waals surface area contributed by atoms with E-state index < -0.39 is 0 Å². The van der Waals surface area contributed by atoms with Crippen LogP contribution in [0.2, 0.25) is 0 Å². The van der Waals surface area contributed by atoms with Gasteiger partial charge in [0.15, 0.2) is 0 Å². The van der Waals surface area contributed by atoms with Crippen LogP contribution in [0.4, 0.5) is 10.1 Å². The lowest BCUT2D eigenvalue weighted by Gasteiger charge is -2.18. The van der Waals surface area contributed by atoms with Crippen molar-refractivity contribution in [2.75, 3.05) is 5.32 Å². The highest BCUT2D eigenvalue weighted by Crippen LogP contribution is 2.24. The van der Waals surface area contributed by atoms with Crippen LogP contribution in [0, 0.1) is 12.7 Å². The van der Waals surface area contributed by atoms with E-state index >= 15 is 0 Å². The van der Waals surface area contributed by atoms with Gasteiger partial charge in [-0.3, -0.25) is 0 Å². The first-order chi connectivity index (χ1) is 9.49. The Bertz CT molecular complexity index is 640. The van der Waals surface area contributed by atoms with Gasteiger partial charge in [0.25, 0.3) is 0 Å². The summed E-state index contributed by atoms with van der Waals surface area (Å²) in [6.07, 6.45) is 0. The number of halogens is 1. The third-order valence-corrected chi connectivity index (χ3v) is 3.52. The molecule has 3 N–H and O–H groups in total. The molecule has 104 valence electrons. The maximum Gasteiger partial charge on any atom is 0.147 e. The molecule has 0 saturated carbocycles. The molecule has 0 saturated heterocycles.